The quantitative estimate of drug-likeness (QED) is 0.673. The van der Waals surface area contributed by atoms with Gasteiger partial charge < -0.3 is 14.7 Å². The second kappa shape index (κ2) is 4.91. The molecule has 0 amide bonds. The van der Waals surface area contributed by atoms with E-state index in [1.165, 1.54) is 6.20 Å². The molecule has 1 aromatic rings. The highest BCUT2D eigenvalue weighted by Gasteiger charge is 2.09. The van der Waals surface area contributed by atoms with Crippen molar-refractivity contribution in [3.8, 4) is 0 Å². The monoisotopic (exact) mass is 187 g/mol. The maximum Gasteiger partial charge on any atom is 0.340 e. The van der Waals surface area contributed by atoms with E-state index in [1.54, 1.807) is 6.92 Å². The first-order chi connectivity index (χ1) is 5.95. The summed E-state index contributed by atoms with van der Waals surface area (Å²) >= 11 is 0. The van der Waals surface area contributed by atoms with Gasteiger partial charge in [-0.25, -0.2) is 4.79 Å². The van der Waals surface area contributed by atoms with Crippen molar-refractivity contribution in [3.05, 3.63) is 17.5 Å². The SMILES string of the molecule is CC(=O)O.Cc1oncc1C(=O)O. The zero-order valence-electron chi connectivity index (χ0n) is 7.14. The number of hydrogen-bond acceptors (Lipinski definition) is 4. The molecule has 0 atom stereocenters. The number of carbonyl (C=O) groups is 2. The Bertz CT molecular complexity index is 300. The largest absolute Gasteiger partial charge is 0.481 e. The third-order valence-electron chi connectivity index (χ3n) is 0.981. The predicted molar refractivity (Wildman–Crippen MR) is 41.5 cm³/mol. The maximum absolute atomic E-state index is 10.2. The third kappa shape index (κ3) is 4.57. The van der Waals surface area contributed by atoms with E-state index in [2.05, 4.69) is 9.68 Å². The van der Waals surface area contributed by atoms with Crippen molar-refractivity contribution >= 4 is 11.9 Å². The number of carboxylic acids is 2. The van der Waals surface area contributed by atoms with Crippen LogP contribution in [0.5, 0.6) is 0 Å². The molecule has 6 heteroatoms. The van der Waals surface area contributed by atoms with E-state index in [1.807, 2.05) is 0 Å². The Labute approximate surface area is 73.8 Å². The molecule has 2 N–H and O–H groups in total. The van der Waals surface area contributed by atoms with Gasteiger partial charge in [-0.1, -0.05) is 5.16 Å². The van der Waals surface area contributed by atoms with Crippen LogP contribution in [0.2, 0.25) is 0 Å². The molecule has 0 unspecified atom stereocenters. The van der Waals surface area contributed by atoms with Crippen LogP contribution in [0.4, 0.5) is 0 Å². The molecule has 72 valence electrons. The lowest BCUT2D eigenvalue weighted by molar-refractivity contribution is -0.134. The van der Waals surface area contributed by atoms with Crippen LogP contribution in [0, 0.1) is 6.92 Å². The highest BCUT2D eigenvalue weighted by Crippen LogP contribution is 2.03. The van der Waals surface area contributed by atoms with E-state index >= 15 is 0 Å². The van der Waals surface area contributed by atoms with Crippen LogP contribution in [-0.4, -0.2) is 27.3 Å². The van der Waals surface area contributed by atoms with Gasteiger partial charge in [-0.3, -0.25) is 4.79 Å². The summed E-state index contributed by atoms with van der Waals surface area (Å²) < 4.78 is 4.49. The normalized spacial score (nSPS) is 8.46. The Kier molecular flexibility index (Phi) is 4.21. The zero-order valence-corrected chi connectivity index (χ0v) is 7.14. The molecular weight excluding hydrogens is 178 g/mol. The van der Waals surface area contributed by atoms with Gasteiger partial charge in [-0.15, -0.1) is 0 Å². The van der Waals surface area contributed by atoms with E-state index in [4.69, 9.17) is 15.0 Å². The minimum Gasteiger partial charge on any atom is -0.481 e. The van der Waals surface area contributed by atoms with Gasteiger partial charge in [0.2, 0.25) is 0 Å². The van der Waals surface area contributed by atoms with Gasteiger partial charge in [-0.05, 0) is 6.92 Å². The van der Waals surface area contributed by atoms with E-state index in [9.17, 15) is 4.79 Å². The van der Waals surface area contributed by atoms with Gasteiger partial charge in [-0.2, -0.15) is 0 Å². The summed E-state index contributed by atoms with van der Waals surface area (Å²) in [7, 11) is 0. The second-order valence-corrected chi connectivity index (χ2v) is 2.12. The van der Waals surface area contributed by atoms with Crippen LogP contribution in [0.1, 0.15) is 23.0 Å². The fourth-order valence-electron chi connectivity index (χ4n) is 0.504. The van der Waals surface area contributed by atoms with Crippen LogP contribution < -0.4 is 0 Å². The molecule has 13 heavy (non-hydrogen) atoms. The zero-order chi connectivity index (χ0) is 10.4. The van der Waals surface area contributed by atoms with Crippen molar-refractivity contribution in [1.82, 2.24) is 5.16 Å². The molecule has 6 nitrogen and oxygen atoms in total. The van der Waals surface area contributed by atoms with Crippen molar-refractivity contribution in [2.24, 2.45) is 0 Å². The fraction of sp³-hybridized carbons (Fsp3) is 0.286. The number of rotatable bonds is 1. The number of nitrogens with zero attached hydrogens (tertiary/aromatic N) is 1. The summed E-state index contributed by atoms with van der Waals surface area (Å²) in [6, 6.07) is 0. The minimum absolute atomic E-state index is 0.120. The van der Waals surface area contributed by atoms with Crippen LogP contribution in [0.25, 0.3) is 0 Å². The highest BCUT2D eigenvalue weighted by molar-refractivity contribution is 5.88. The Morgan fingerprint density at radius 1 is 1.46 bits per heavy atom. The van der Waals surface area contributed by atoms with Gasteiger partial charge in [0, 0.05) is 6.92 Å². The molecule has 0 aliphatic heterocycles. The molecule has 0 saturated heterocycles. The summed E-state index contributed by atoms with van der Waals surface area (Å²) in [5, 5.41) is 19.1. The molecule has 0 bridgehead atoms. The maximum atomic E-state index is 10.2. The molecule has 0 saturated carbocycles. The van der Waals surface area contributed by atoms with Crippen LogP contribution in [0.15, 0.2) is 10.7 Å². The molecule has 0 fully saturated rings. The van der Waals surface area contributed by atoms with Gasteiger partial charge in [0.05, 0.1) is 6.20 Å². The summed E-state index contributed by atoms with van der Waals surface area (Å²) in [6.45, 7) is 2.64. The number of hydrogen-bond donors (Lipinski definition) is 2. The Balaban J connectivity index is 0.000000310. The number of aromatic nitrogens is 1. The smallest absolute Gasteiger partial charge is 0.340 e. The van der Waals surface area contributed by atoms with Gasteiger partial charge >= 0.3 is 5.97 Å². The highest BCUT2D eigenvalue weighted by atomic mass is 16.5. The third-order valence-corrected chi connectivity index (χ3v) is 0.981. The molecule has 0 aliphatic rings. The molecule has 1 rings (SSSR count). The first-order valence-corrected chi connectivity index (χ1v) is 3.29. The molecular formula is C7H9NO5. The molecule has 1 aromatic heterocycles. The predicted octanol–water partition coefficient (Wildman–Crippen LogP) is 0.772. The molecule has 0 aliphatic carbocycles. The minimum atomic E-state index is -1.01. The lowest BCUT2D eigenvalue weighted by Crippen LogP contribution is -1.94. The average Bonchev–Trinajstić information content (AvgIpc) is 2.33. The average molecular weight is 187 g/mol. The summed E-state index contributed by atoms with van der Waals surface area (Å²) in [6.07, 6.45) is 1.18. The molecule has 0 radical (unpaired) electrons. The van der Waals surface area contributed by atoms with Crippen molar-refractivity contribution in [1.29, 1.82) is 0 Å². The Morgan fingerprint density at radius 3 is 2.08 bits per heavy atom. The number of aromatic carboxylic acids is 1. The lowest BCUT2D eigenvalue weighted by Gasteiger charge is -1.82. The number of carboxylic acid groups (broad SMARTS) is 2. The summed E-state index contributed by atoms with van der Waals surface area (Å²) in [5.74, 6) is -1.50. The first kappa shape index (κ1) is 11.2. The van der Waals surface area contributed by atoms with E-state index < -0.39 is 11.9 Å². The standard InChI is InChI=1S/C5H5NO3.C2H4O2/c1-3-4(5(7)8)2-6-9-3;1-2(3)4/h2H,1H3,(H,7,8);1H3,(H,3,4). The number of aliphatic carboxylic acids is 1. The van der Waals surface area contributed by atoms with Crippen molar-refractivity contribution < 1.29 is 24.3 Å². The summed E-state index contributed by atoms with van der Waals surface area (Å²) in [5.41, 5.74) is 0.120. The molecule has 1 heterocycles. The van der Waals surface area contributed by atoms with Crippen molar-refractivity contribution in [2.45, 2.75) is 13.8 Å². The first-order valence-electron chi connectivity index (χ1n) is 3.29. The topological polar surface area (TPSA) is 101 Å². The second-order valence-electron chi connectivity index (χ2n) is 2.12. The van der Waals surface area contributed by atoms with Crippen LogP contribution in [-0.2, 0) is 4.79 Å². The van der Waals surface area contributed by atoms with Gasteiger partial charge in [0.15, 0.2) is 0 Å². The van der Waals surface area contributed by atoms with E-state index in [0.717, 1.165) is 6.92 Å². The van der Waals surface area contributed by atoms with Gasteiger partial charge in [0.25, 0.3) is 5.97 Å². The van der Waals surface area contributed by atoms with Gasteiger partial charge in [0.1, 0.15) is 11.3 Å². The number of aryl methyl sites for hydroxylation is 1. The summed E-state index contributed by atoms with van der Waals surface area (Å²) in [4.78, 5) is 19.2. The lowest BCUT2D eigenvalue weighted by atomic mass is 10.3. The Morgan fingerprint density at radius 2 is 1.92 bits per heavy atom. The Hall–Kier alpha value is -1.85. The van der Waals surface area contributed by atoms with Crippen LogP contribution in [0.3, 0.4) is 0 Å². The van der Waals surface area contributed by atoms with Crippen molar-refractivity contribution in [3.63, 3.8) is 0 Å². The van der Waals surface area contributed by atoms with E-state index in [-0.39, 0.29) is 5.56 Å². The van der Waals surface area contributed by atoms with E-state index in [0.29, 0.717) is 5.76 Å². The van der Waals surface area contributed by atoms with Crippen molar-refractivity contribution in [2.75, 3.05) is 0 Å². The van der Waals surface area contributed by atoms with Crippen LogP contribution >= 0.6 is 0 Å². The molecule has 0 spiro atoms. The molecule has 0 aromatic carbocycles. The fourth-order valence-corrected chi connectivity index (χ4v) is 0.504.